The predicted octanol–water partition coefficient (Wildman–Crippen LogP) is 2.18. The minimum absolute atomic E-state index is 0.0532. The van der Waals surface area contributed by atoms with E-state index in [1.165, 1.54) is 20.0 Å². The summed E-state index contributed by atoms with van der Waals surface area (Å²) >= 11 is 0. The fourth-order valence-corrected chi connectivity index (χ4v) is 3.63. The maximum absolute atomic E-state index is 12.3. The fourth-order valence-electron chi connectivity index (χ4n) is 3.63. The molecule has 2 aliphatic carbocycles. The molecule has 0 aromatic carbocycles. The Hall–Kier alpha value is -0.610. The summed E-state index contributed by atoms with van der Waals surface area (Å²) in [5.41, 5.74) is -0.421. The van der Waals surface area contributed by atoms with Gasteiger partial charge in [-0.05, 0) is 64.6 Å². The topological polar surface area (TPSA) is 41.6 Å². The van der Waals surface area contributed by atoms with Crippen LogP contribution in [0.1, 0.15) is 51.9 Å². The molecule has 2 unspecified atom stereocenters. The summed E-state index contributed by atoms with van der Waals surface area (Å²) in [5.74, 6) is 0.366. The van der Waals surface area contributed by atoms with Crippen molar-refractivity contribution in [3.63, 3.8) is 0 Å². The lowest BCUT2D eigenvalue weighted by molar-refractivity contribution is -0.150. The average Bonchev–Trinajstić information content (AvgIpc) is 3.23. The molecule has 2 fully saturated rings. The first-order valence-corrected chi connectivity index (χ1v) is 8.17. The molecule has 0 aliphatic heterocycles. The van der Waals surface area contributed by atoms with Gasteiger partial charge in [0.25, 0.3) is 0 Å². The van der Waals surface area contributed by atoms with E-state index in [2.05, 4.69) is 24.2 Å². The van der Waals surface area contributed by atoms with E-state index in [1.54, 1.807) is 0 Å². The van der Waals surface area contributed by atoms with Crippen molar-refractivity contribution in [3.05, 3.63) is 0 Å². The first kappa shape index (κ1) is 15.8. The van der Waals surface area contributed by atoms with E-state index in [0.717, 1.165) is 51.2 Å². The molecule has 0 bridgehead atoms. The van der Waals surface area contributed by atoms with Crippen LogP contribution in [0.2, 0.25) is 0 Å². The smallest absolute Gasteiger partial charge is 0.326 e. The van der Waals surface area contributed by atoms with Crippen molar-refractivity contribution in [2.24, 2.45) is 5.92 Å². The van der Waals surface area contributed by atoms with Crippen LogP contribution in [0.25, 0.3) is 0 Å². The number of carbonyl (C=O) groups excluding carboxylic acids is 1. The van der Waals surface area contributed by atoms with Crippen molar-refractivity contribution < 1.29 is 9.53 Å². The highest BCUT2D eigenvalue weighted by atomic mass is 16.5. The summed E-state index contributed by atoms with van der Waals surface area (Å²) in [7, 11) is 3.73. The monoisotopic (exact) mass is 282 g/mol. The van der Waals surface area contributed by atoms with E-state index in [0.29, 0.717) is 5.92 Å². The summed E-state index contributed by atoms with van der Waals surface area (Å²) in [6.45, 7) is 4.13. The Morgan fingerprint density at radius 1 is 1.40 bits per heavy atom. The molecule has 0 saturated heterocycles. The molecule has 0 amide bonds. The van der Waals surface area contributed by atoms with Crippen LogP contribution in [0.5, 0.6) is 0 Å². The molecule has 0 radical (unpaired) electrons. The zero-order valence-corrected chi connectivity index (χ0v) is 13.3. The van der Waals surface area contributed by atoms with Crippen molar-refractivity contribution in [2.45, 2.75) is 63.5 Å². The van der Waals surface area contributed by atoms with Gasteiger partial charge in [-0.1, -0.05) is 13.3 Å². The number of ether oxygens (including phenoxy) is 1. The Morgan fingerprint density at radius 2 is 2.15 bits per heavy atom. The number of rotatable bonds is 8. The Kier molecular flexibility index (Phi) is 5.44. The highest BCUT2D eigenvalue weighted by Gasteiger charge is 2.49. The predicted molar refractivity (Wildman–Crippen MR) is 80.7 cm³/mol. The van der Waals surface area contributed by atoms with Gasteiger partial charge in [0.15, 0.2) is 0 Å². The number of methoxy groups -OCH3 is 1. The second kappa shape index (κ2) is 6.90. The average molecular weight is 282 g/mol. The maximum atomic E-state index is 12.3. The third kappa shape index (κ3) is 3.34. The van der Waals surface area contributed by atoms with Gasteiger partial charge in [0.2, 0.25) is 0 Å². The maximum Gasteiger partial charge on any atom is 0.326 e. The van der Waals surface area contributed by atoms with E-state index < -0.39 is 5.54 Å². The summed E-state index contributed by atoms with van der Waals surface area (Å²) in [4.78, 5) is 14.8. The molecular formula is C16H30N2O2. The third-order valence-electron chi connectivity index (χ3n) is 5.06. The molecule has 2 atom stereocenters. The Morgan fingerprint density at radius 3 is 2.75 bits per heavy atom. The van der Waals surface area contributed by atoms with Crippen LogP contribution >= 0.6 is 0 Å². The quantitative estimate of drug-likeness (QED) is 0.693. The normalized spacial score (nSPS) is 29.9. The van der Waals surface area contributed by atoms with Crippen LogP contribution < -0.4 is 5.32 Å². The van der Waals surface area contributed by atoms with Crippen LogP contribution in [0.3, 0.4) is 0 Å². The number of esters is 1. The molecule has 4 nitrogen and oxygen atoms in total. The Balaban J connectivity index is 1.97. The molecule has 0 heterocycles. The van der Waals surface area contributed by atoms with E-state index >= 15 is 0 Å². The lowest BCUT2D eigenvalue weighted by Crippen LogP contribution is -2.56. The minimum atomic E-state index is -0.421. The zero-order chi connectivity index (χ0) is 14.6. The summed E-state index contributed by atoms with van der Waals surface area (Å²) in [6.07, 6.45) is 8.03. The number of nitrogens with zero attached hydrogens (tertiary/aromatic N) is 1. The Labute approximate surface area is 123 Å². The lowest BCUT2D eigenvalue weighted by Gasteiger charge is -2.34. The highest BCUT2D eigenvalue weighted by molar-refractivity contribution is 5.81. The molecule has 4 heteroatoms. The molecule has 116 valence electrons. The van der Waals surface area contributed by atoms with Crippen LogP contribution in [0.4, 0.5) is 0 Å². The third-order valence-corrected chi connectivity index (χ3v) is 5.06. The summed E-state index contributed by atoms with van der Waals surface area (Å²) in [6, 6.07) is 0.799. The van der Waals surface area contributed by atoms with Gasteiger partial charge in [0.1, 0.15) is 5.54 Å². The van der Waals surface area contributed by atoms with Gasteiger partial charge in [-0.2, -0.15) is 0 Å². The van der Waals surface area contributed by atoms with Gasteiger partial charge < -0.3 is 15.0 Å². The fraction of sp³-hybridized carbons (Fsp3) is 0.938. The molecule has 2 rings (SSSR count). The van der Waals surface area contributed by atoms with Crippen LogP contribution in [-0.2, 0) is 9.53 Å². The van der Waals surface area contributed by atoms with Crippen molar-refractivity contribution in [3.8, 4) is 0 Å². The van der Waals surface area contributed by atoms with Crippen LogP contribution in [0.15, 0.2) is 0 Å². The number of carbonyl (C=O) groups is 1. The first-order valence-electron chi connectivity index (χ1n) is 8.17. The second-order valence-corrected chi connectivity index (χ2v) is 6.48. The molecule has 2 saturated carbocycles. The van der Waals surface area contributed by atoms with Crippen molar-refractivity contribution >= 4 is 5.97 Å². The lowest BCUT2D eigenvalue weighted by atomic mass is 9.84. The molecule has 0 aromatic heterocycles. The van der Waals surface area contributed by atoms with Crippen LogP contribution in [0, 0.1) is 5.92 Å². The van der Waals surface area contributed by atoms with Crippen LogP contribution in [-0.4, -0.2) is 49.7 Å². The van der Waals surface area contributed by atoms with Crippen molar-refractivity contribution in [2.75, 3.05) is 27.2 Å². The van der Waals surface area contributed by atoms with E-state index in [4.69, 9.17) is 4.74 Å². The standard InChI is InChI=1S/C16H30N2O2/c1-4-11-17-16(15(19)20-3)10-5-6-13(16)9-12-18(2)14-7-8-14/h13-14,17H,4-12H2,1-3H3. The number of hydrogen-bond donors (Lipinski definition) is 1. The Bertz CT molecular complexity index is 330. The van der Waals surface area contributed by atoms with Gasteiger partial charge >= 0.3 is 5.97 Å². The van der Waals surface area contributed by atoms with E-state index in [1.807, 2.05) is 0 Å². The molecule has 2 aliphatic rings. The summed E-state index contributed by atoms with van der Waals surface area (Å²) in [5, 5.41) is 3.52. The SMILES string of the molecule is CCCNC1(C(=O)OC)CCCC1CCN(C)C1CC1. The summed E-state index contributed by atoms with van der Waals surface area (Å²) < 4.78 is 5.12. The van der Waals surface area contributed by atoms with Crippen molar-refractivity contribution in [1.82, 2.24) is 10.2 Å². The molecule has 20 heavy (non-hydrogen) atoms. The molecule has 1 N–H and O–H groups in total. The molecule has 0 aromatic rings. The molecular weight excluding hydrogens is 252 g/mol. The van der Waals surface area contributed by atoms with Gasteiger partial charge in [-0.3, -0.25) is 4.79 Å². The number of hydrogen-bond acceptors (Lipinski definition) is 4. The van der Waals surface area contributed by atoms with Gasteiger partial charge in [-0.15, -0.1) is 0 Å². The van der Waals surface area contributed by atoms with Gasteiger partial charge in [0, 0.05) is 6.04 Å². The van der Waals surface area contributed by atoms with Gasteiger partial charge in [-0.25, -0.2) is 0 Å². The highest BCUT2D eigenvalue weighted by Crippen LogP contribution is 2.39. The van der Waals surface area contributed by atoms with E-state index in [-0.39, 0.29) is 5.97 Å². The van der Waals surface area contributed by atoms with Crippen molar-refractivity contribution in [1.29, 1.82) is 0 Å². The number of nitrogens with one attached hydrogen (secondary N) is 1. The van der Waals surface area contributed by atoms with Gasteiger partial charge in [0.05, 0.1) is 7.11 Å². The minimum Gasteiger partial charge on any atom is -0.468 e. The zero-order valence-electron chi connectivity index (χ0n) is 13.3. The first-order chi connectivity index (χ1) is 9.64. The largest absolute Gasteiger partial charge is 0.468 e. The second-order valence-electron chi connectivity index (χ2n) is 6.48. The van der Waals surface area contributed by atoms with E-state index in [9.17, 15) is 4.79 Å². The molecule has 0 spiro atoms.